The molecule has 1 saturated heterocycles. The first-order valence-corrected chi connectivity index (χ1v) is 10.3. The topological polar surface area (TPSA) is 98.4 Å². The molecule has 1 amide bonds. The summed E-state index contributed by atoms with van der Waals surface area (Å²) in [6.07, 6.45) is 3.17. The lowest BCUT2D eigenvalue weighted by molar-refractivity contribution is -0.130. The Hall–Kier alpha value is -2.55. The lowest BCUT2D eigenvalue weighted by Gasteiger charge is -2.36. The van der Waals surface area contributed by atoms with E-state index in [1.165, 1.54) is 0 Å². The number of carbonyl (C=O) groups excluding carboxylic acids is 1. The van der Waals surface area contributed by atoms with Crippen LogP contribution in [0.2, 0.25) is 0 Å². The van der Waals surface area contributed by atoms with E-state index in [4.69, 9.17) is 0 Å². The summed E-state index contributed by atoms with van der Waals surface area (Å²) in [5.41, 5.74) is 2.39. The Morgan fingerprint density at radius 3 is 2.38 bits per heavy atom. The van der Waals surface area contributed by atoms with Gasteiger partial charge >= 0.3 is 0 Å². The van der Waals surface area contributed by atoms with Gasteiger partial charge in [0, 0.05) is 49.4 Å². The Bertz CT molecular complexity index is 868. The number of sulfonamides is 1. The Morgan fingerprint density at radius 2 is 1.85 bits per heavy atom. The largest absolute Gasteiger partial charge is 0.368 e. The number of H-pyrrole nitrogens is 1. The monoisotopic (exact) mass is 377 g/mol. The molecule has 0 radical (unpaired) electrons. The number of hydrogen-bond donors (Lipinski definition) is 2. The molecule has 2 N–H and O–H groups in total. The highest BCUT2D eigenvalue weighted by atomic mass is 32.2. The molecular formula is C17H23N5O3S. The third-order valence-electron chi connectivity index (χ3n) is 4.27. The van der Waals surface area contributed by atoms with Crippen molar-refractivity contribution in [1.82, 2.24) is 14.9 Å². The van der Waals surface area contributed by atoms with E-state index in [0.717, 1.165) is 36.6 Å². The smallest absolute Gasteiger partial charge is 0.229 e. The van der Waals surface area contributed by atoms with Crippen molar-refractivity contribution >= 4 is 27.3 Å². The van der Waals surface area contributed by atoms with Gasteiger partial charge in [0.05, 0.1) is 12.7 Å². The van der Waals surface area contributed by atoms with Crippen LogP contribution in [0.1, 0.15) is 11.5 Å². The molecule has 1 aliphatic heterocycles. The number of benzene rings is 1. The number of amides is 1. The maximum Gasteiger partial charge on any atom is 0.229 e. The number of nitrogens with one attached hydrogen (secondary N) is 2. The second-order valence-corrected chi connectivity index (χ2v) is 8.21. The Labute approximate surface area is 153 Å². The van der Waals surface area contributed by atoms with E-state index in [1.807, 2.05) is 24.0 Å². The van der Waals surface area contributed by atoms with Gasteiger partial charge in [-0.05, 0) is 31.2 Å². The van der Waals surface area contributed by atoms with Gasteiger partial charge in [0.1, 0.15) is 5.82 Å². The van der Waals surface area contributed by atoms with Crippen LogP contribution in [0.5, 0.6) is 0 Å². The predicted octanol–water partition coefficient (Wildman–Crippen LogP) is 0.981. The molecule has 2 heterocycles. The lowest BCUT2D eigenvalue weighted by Crippen LogP contribution is -2.49. The van der Waals surface area contributed by atoms with Crippen LogP contribution in [0.25, 0.3) is 0 Å². The lowest BCUT2D eigenvalue weighted by atomic mass is 10.2. The van der Waals surface area contributed by atoms with Gasteiger partial charge in [0.15, 0.2) is 0 Å². The van der Waals surface area contributed by atoms with E-state index in [0.29, 0.717) is 25.2 Å². The van der Waals surface area contributed by atoms with E-state index in [2.05, 4.69) is 19.6 Å². The van der Waals surface area contributed by atoms with Gasteiger partial charge in [-0.25, -0.2) is 13.4 Å². The molecule has 8 nitrogen and oxygen atoms in total. The van der Waals surface area contributed by atoms with Crippen LogP contribution in [0.3, 0.4) is 0 Å². The van der Waals surface area contributed by atoms with Crippen molar-refractivity contribution in [3.63, 3.8) is 0 Å². The second kappa shape index (κ2) is 7.36. The van der Waals surface area contributed by atoms with E-state index in [9.17, 15) is 13.2 Å². The molecule has 0 unspecified atom stereocenters. The Kier molecular flexibility index (Phi) is 5.17. The van der Waals surface area contributed by atoms with E-state index >= 15 is 0 Å². The molecule has 0 spiro atoms. The molecule has 1 aromatic carbocycles. The molecule has 0 saturated carbocycles. The number of aromatic amines is 1. The van der Waals surface area contributed by atoms with Crippen LogP contribution in [0.15, 0.2) is 30.5 Å². The minimum absolute atomic E-state index is 0.0981. The number of carbonyl (C=O) groups is 1. The average molecular weight is 377 g/mol. The fourth-order valence-electron chi connectivity index (χ4n) is 3.00. The van der Waals surface area contributed by atoms with Crippen molar-refractivity contribution in [2.75, 3.05) is 42.1 Å². The standard InChI is InChI=1S/C17H23N5O3S/c1-13-18-12-15(19-13)11-17(23)22-9-7-21(8-10-22)16-5-3-14(4-6-16)20-26(2,24)25/h3-6,12,20H,7-11H2,1-2H3,(H,18,19). The van der Waals surface area contributed by atoms with Gasteiger partial charge in [-0.2, -0.15) is 0 Å². The van der Waals surface area contributed by atoms with Crippen LogP contribution < -0.4 is 9.62 Å². The maximum absolute atomic E-state index is 12.4. The first-order valence-electron chi connectivity index (χ1n) is 8.41. The number of nitrogens with zero attached hydrogens (tertiary/aromatic N) is 3. The summed E-state index contributed by atoms with van der Waals surface area (Å²) in [5, 5.41) is 0. The molecule has 140 valence electrons. The molecule has 9 heteroatoms. The minimum Gasteiger partial charge on any atom is -0.368 e. The van der Waals surface area contributed by atoms with E-state index in [1.54, 1.807) is 18.3 Å². The van der Waals surface area contributed by atoms with Crippen LogP contribution in [-0.4, -0.2) is 61.6 Å². The first kappa shape index (κ1) is 18.2. The summed E-state index contributed by atoms with van der Waals surface area (Å²) in [5.74, 6) is 0.910. The zero-order valence-electron chi connectivity index (χ0n) is 14.9. The summed E-state index contributed by atoms with van der Waals surface area (Å²) in [6.45, 7) is 4.67. The first-order chi connectivity index (χ1) is 12.3. The zero-order valence-corrected chi connectivity index (χ0v) is 15.7. The van der Waals surface area contributed by atoms with Crippen molar-refractivity contribution in [1.29, 1.82) is 0 Å². The van der Waals surface area contributed by atoms with E-state index < -0.39 is 10.0 Å². The number of imidazole rings is 1. The molecule has 0 aliphatic carbocycles. The highest BCUT2D eigenvalue weighted by Crippen LogP contribution is 2.20. The third-order valence-corrected chi connectivity index (χ3v) is 4.87. The fraction of sp³-hybridized carbons (Fsp3) is 0.412. The highest BCUT2D eigenvalue weighted by molar-refractivity contribution is 7.92. The van der Waals surface area contributed by atoms with E-state index in [-0.39, 0.29) is 5.91 Å². The SMILES string of the molecule is Cc1ncc(CC(=O)N2CCN(c3ccc(NS(C)(=O)=O)cc3)CC2)[nH]1. The number of hydrogen-bond acceptors (Lipinski definition) is 5. The second-order valence-electron chi connectivity index (χ2n) is 6.46. The van der Waals surface area contributed by atoms with Crippen LogP contribution in [-0.2, 0) is 21.2 Å². The van der Waals surface area contributed by atoms with Gasteiger partial charge in [-0.15, -0.1) is 0 Å². The van der Waals surface area contributed by atoms with Gasteiger partial charge in [-0.3, -0.25) is 9.52 Å². The number of aryl methyl sites for hydroxylation is 1. The molecule has 1 aliphatic rings. The van der Waals surface area contributed by atoms with Gasteiger partial charge in [-0.1, -0.05) is 0 Å². The molecule has 2 aromatic rings. The molecule has 1 fully saturated rings. The molecule has 26 heavy (non-hydrogen) atoms. The van der Waals surface area contributed by atoms with Crippen molar-refractivity contribution in [3.8, 4) is 0 Å². The highest BCUT2D eigenvalue weighted by Gasteiger charge is 2.21. The van der Waals surface area contributed by atoms with Crippen LogP contribution in [0, 0.1) is 6.92 Å². The molecule has 3 rings (SSSR count). The zero-order chi connectivity index (χ0) is 18.7. The summed E-state index contributed by atoms with van der Waals surface area (Å²) < 4.78 is 25.0. The van der Waals surface area contributed by atoms with Crippen molar-refractivity contribution in [2.24, 2.45) is 0 Å². The summed E-state index contributed by atoms with van der Waals surface area (Å²) in [7, 11) is -3.27. The predicted molar refractivity (Wildman–Crippen MR) is 101 cm³/mol. The fourth-order valence-corrected chi connectivity index (χ4v) is 3.57. The minimum atomic E-state index is -3.27. The van der Waals surface area contributed by atoms with Crippen molar-refractivity contribution < 1.29 is 13.2 Å². The quantitative estimate of drug-likeness (QED) is 0.809. The number of anilines is 2. The molecule has 1 aromatic heterocycles. The van der Waals surface area contributed by atoms with Crippen molar-refractivity contribution in [2.45, 2.75) is 13.3 Å². The Balaban J connectivity index is 1.54. The normalized spacial score (nSPS) is 15.2. The van der Waals surface area contributed by atoms with Gasteiger partial charge in [0.2, 0.25) is 15.9 Å². The Morgan fingerprint density at radius 1 is 1.19 bits per heavy atom. The maximum atomic E-state index is 12.4. The van der Waals surface area contributed by atoms with Crippen LogP contribution >= 0.6 is 0 Å². The molecule has 0 atom stereocenters. The third kappa shape index (κ3) is 4.75. The van der Waals surface area contributed by atoms with Gasteiger partial charge < -0.3 is 14.8 Å². The summed E-state index contributed by atoms with van der Waals surface area (Å²) >= 11 is 0. The number of piperazine rings is 1. The van der Waals surface area contributed by atoms with Crippen LogP contribution in [0.4, 0.5) is 11.4 Å². The summed E-state index contributed by atoms with van der Waals surface area (Å²) in [4.78, 5) is 23.7. The van der Waals surface area contributed by atoms with Gasteiger partial charge in [0.25, 0.3) is 0 Å². The number of aromatic nitrogens is 2. The summed E-state index contributed by atoms with van der Waals surface area (Å²) in [6, 6.07) is 7.26. The average Bonchev–Trinajstić information content (AvgIpc) is 2.99. The molecular weight excluding hydrogens is 354 g/mol. The number of rotatable bonds is 5. The molecule has 0 bridgehead atoms. The van der Waals surface area contributed by atoms with Crippen molar-refractivity contribution in [3.05, 3.63) is 42.0 Å².